The molecule has 0 amide bonds. The van der Waals surface area contributed by atoms with Crippen molar-refractivity contribution in [3.05, 3.63) is 28.8 Å². The molecule has 0 aliphatic rings. The number of amidine groups is 1. The molecule has 0 saturated carbocycles. The maximum atomic E-state index is 7.50. The Morgan fingerprint density at radius 3 is 2.47 bits per heavy atom. The number of nitrogens with one attached hydrogen (secondary N) is 1. The fourth-order valence-corrected chi connectivity index (χ4v) is 2.64. The van der Waals surface area contributed by atoms with Gasteiger partial charge in [0.15, 0.2) is 0 Å². The van der Waals surface area contributed by atoms with Gasteiger partial charge in [0.05, 0.1) is 5.02 Å². The molecule has 1 aromatic carbocycles. The molecular weight excluding hydrogens is 228 g/mol. The predicted octanol–water partition coefficient (Wildman–Crippen LogP) is 3.51. The molecule has 15 heavy (non-hydrogen) atoms. The lowest BCUT2D eigenvalue weighted by Gasteiger charge is -2.20. The van der Waals surface area contributed by atoms with E-state index in [9.17, 15) is 0 Å². The van der Waals surface area contributed by atoms with Crippen molar-refractivity contribution in [3.8, 4) is 0 Å². The quantitative estimate of drug-likeness (QED) is 0.474. The molecule has 1 aromatic rings. The number of hydrogen-bond acceptors (Lipinski definition) is 2. The smallest absolute Gasteiger partial charge is 0.125 e. The minimum absolute atomic E-state index is 0.0207. The lowest BCUT2D eigenvalue weighted by atomic mass is 10.2. The van der Waals surface area contributed by atoms with Gasteiger partial charge in [0, 0.05) is 15.2 Å². The van der Waals surface area contributed by atoms with Crippen LogP contribution >= 0.6 is 23.4 Å². The van der Waals surface area contributed by atoms with E-state index in [1.165, 1.54) is 0 Å². The molecule has 2 nitrogen and oxygen atoms in total. The summed E-state index contributed by atoms with van der Waals surface area (Å²) in [6.45, 7) is 6.34. The van der Waals surface area contributed by atoms with Crippen LogP contribution in [0, 0.1) is 5.41 Å². The predicted molar refractivity (Wildman–Crippen MR) is 68.1 cm³/mol. The van der Waals surface area contributed by atoms with Crippen LogP contribution < -0.4 is 5.73 Å². The average Bonchev–Trinajstić information content (AvgIpc) is 1.99. The van der Waals surface area contributed by atoms with Crippen molar-refractivity contribution in [2.45, 2.75) is 30.4 Å². The number of nitrogens with two attached hydrogens (primary N) is 1. The van der Waals surface area contributed by atoms with E-state index < -0.39 is 0 Å². The van der Waals surface area contributed by atoms with Gasteiger partial charge in [0.2, 0.25) is 0 Å². The summed E-state index contributed by atoms with van der Waals surface area (Å²) in [5.74, 6) is 0.0207. The first-order valence-corrected chi connectivity index (χ1v) is 5.82. The van der Waals surface area contributed by atoms with Gasteiger partial charge in [0.1, 0.15) is 5.84 Å². The number of hydrogen-bond donors (Lipinski definition) is 2. The van der Waals surface area contributed by atoms with Crippen LogP contribution in [0.15, 0.2) is 23.1 Å². The first-order valence-electron chi connectivity index (χ1n) is 4.63. The number of rotatable bonds is 2. The lowest BCUT2D eigenvalue weighted by Crippen LogP contribution is -2.15. The van der Waals surface area contributed by atoms with Crippen molar-refractivity contribution >= 4 is 29.2 Å². The van der Waals surface area contributed by atoms with E-state index in [1.54, 1.807) is 17.8 Å². The van der Waals surface area contributed by atoms with Crippen LogP contribution in [0.4, 0.5) is 0 Å². The van der Waals surface area contributed by atoms with Gasteiger partial charge in [-0.15, -0.1) is 11.8 Å². The van der Waals surface area contributed by atoms with Gasteiger partial charge in [-0.1, -0.05) is 38.4 Å². The second-order valence-electron chi connectivity index (χ2n) is 4.24. The fraction of sp³-hybridized carbons (Fsp3) is 0.364. The molecule has 1 rings (SSSR count). The van der Waals surface area contributed by atoms with Crippen molar-refractivity contribution in [1.29, 1.82) is 5.41 Å². The summed E-state index contributed by atoms with van der Waals surface area (Å²) in [6, 6.07) is 5.58. The second-order valence-corrected chi connectivity index (χ2v) is 6.52. The third-order valence-corrected chi connectivity index (χ3v) is 3.15. The van der Waals surface area contributed by atoms with E-state index in [2.05, 4.69) is 20.8 Å². The second kappa shape index (κ2) is 4.45. The van der Waals surface area contributed by atoms with E-state index in [0.29, 0.717) is 10.6 Å². The summed E-state index contributed by atoms with van der Waals surface area (Å²) in [7, 11) is 0. The van der Waals surface area contributed by atoms with Crippen molar-refractivity contribution in [3.63, 3.8) is 0 Å². The standard InChI is InChI=1S/C11H15ClN2S/c1-11(2,3)15-8-6-4-5-7(12)9(8)10(13)14/h4-6H,1-3H3,(H3,13,14). The zero-order valence-corrected chi connectivity index (χ0v) is 10.7. The molecule has 4 heteroatoms. The fourth-order valence-electron chi connectivity index (χ4n) is 1.18. The van der Waals surface area contributed by atoms with E-state index in [-0.39, 0.29) is 10.6 Å². The summed E-state index contributed by atoms with van der Waals surface area (Å²) < 4.78 is 0.0783. The molecule has 0 bridgehead atoms. The Morgan fingerprint density at radius 1 is 1.40 bits per heavy atom. The summed E-state index contributed by atoms with van der Waals surface area (Å²) in [4.78, 5) is 0.961. The Kier molecular flexibility index (Phi) is 3.68. The van der Waals surface area contributed by atoms with Crippen LogP contribution in [-0.4, -0.2) is 10.6 Å². The van der Waals surface area contributed by atoms with Gasteiger partial charge in [-0.3, -0.25) is 5.41 Å². The highest BCUT2D eigenvalue weighted by atomic mass is 35.5. The van der Waals surface area contributed by atoms with Crippen LogP contribution in [-0.2, 0) is 0 Å². The molecule has 0 atom stereocenters. The minimum Gasteiger partial charge on any atom is -0.384 e. The molecule has 0 radical (unpaired) electrons. The van der Waals surface area contributed by atoms with Gasteiger partial charge in [-0.25, -0.2) is 0 Å². The molecular formula is C11H15ClN2S. The Hall–Kier alpha value is -0.670. The monoisotopic (exact) mass is 242 g/mol. The molecule has 0 fully saturated rings. The number of halogens is 1. The van der Waals surface area contributed by atoms with Crippen molar-refractivity contribution in [1.82, 2.24) is 0 Å². The maximum Gasteiger partial charge on any atom is 0.125 e. The van der Waals surface area contributed by atoms with E-state index in [4.69, 9.17) is 22.7 Å². The first kappa shape index (κ1) is 12.4. The summed E-state index contributed by atoms with van der Waals surface area (Å²) >= 11 is 7.68. The van der Waals surface area contributed by atoms with Crippen molar-refractivity contribution in [2.24, 2.45) is 5.73 Å². The largest absolute Gasteiger partial charge is 0.384 e. The lowest BCUT2D eigenvalue weighted by molar-refractivity contribution is 0.802. The molecule has 82 valence electrons. The summed E-state index contributed by atoms with van der Waals surface area (Å²) in [5, 5.41) is 8.04. The highest BCUT2D eigenvalue weighted by Crippen LogP contribution is 2.36. The molecule has 0 aromatic heterocycles. The van der Waals surface area contributed by atoms with Crippen molar-refractivity contribution < 1.29 is 0 Å². The molecule has 0 unspecified atom stereocenters. The Bertz CT molecular complexity index is 383. The molecule has 0 heterocycles. The van der Waals surface area contributed by atoms with Gasteiger partial charge in [0.25, 0.3) is 0 Å². The zero-order chi connectivity index (χ0) is 11.6. The Labute approximate surface area is 99.7 Å². The zero-order valence-electron chi connectivity index (χ0n) is 9.10. The average molecular weight is 243 g/mol. The maximum absolute atomic E-state index is 7.50. The first-order chi connectivity index (χ1) is 6.81. The van der Waals surface area contributed by atoms with E-state index in [0.717, 1.165) is 4.90 Å². The van der Waals surface area contributed by atoms with Gasteiger partial charge in [-0.2, -0.15) is 0 Å². The summed E-state index contributed by atoms with van der Waals surface area (Å²) in [6.07, 6.45) is 0. The van der Waals surface area contributed by atoms with Crippen LogP contribution in [0.2, 0.25) is 5.02 Å². The highest BCUT2D eigenvalue weighted by molar-refractivity contribution is 8.00. The SMILES string of the molecule is CC(C)(C)Sc1cccc(Cl)c1C(=N)N. The molecule has 3 N–H and O–H groups in total. The molecule has 0 saturated heterocycles. The van der Waals surface area contributed by atoms with Crippen LogP contribution in [0.5, 0.6) is 0 Å². The number of benzene rings is 1. The normalized spacial score (nSPS) is 11.5. The molecule has 0 aliphatic carbocycles. The summed E-state index contributed by atoms with van der Waals surface area (Å²) in [5.41, 5.74) is 6.16. The van der Waals surface area contributed by atoms with E-state index >= 15 is 0 Å². The Balaban J connectivity index is 3.18. The van der Waals surface area contributed by atoms with Crippen LogP contribution in [0.3, 0.4) is 0 Å². The number of thioether (sulfide) groups is 1. The molecule has 0 aliphatic heterocycles. The van der Waals surface area contributed by atoms with Gasteiger partial charge in [-0.05, 0) is 12.1 Å². The van der Waals surface area contributed by atoms with Crippen molar-refractivity contribution in [2.75, 3.05) is 0 Å². The Morgan fingerprint density at radius 2 is 2.00 bits per heavy atom. The topological polar surface area (TPSA) is 49.9 Å². The minimum atomic E-state index is 0.0207. The third kappa shape index (κ3) is 3.43. The van der Waals surface area contributed by atoms with Crippen LogP contribution in [0.25, 0.3) is 0 Å². The highest BCUT2D eigenvalue weighted by Gasteiger charge is 2.17. The molecule has 0 spiro atoms. The van der Waals surface area contributed by atoms with Crippen LogP contribution in [0.1, 0.15) is 26.3 Å². The van der Waals surface area contributed by atoms with Gasteiger partial charge < -0.3 is 5.73 Å². The third-order valence-electron chi connectivity index (χ3n) is 1.66. The van der Waals surface area contributed by atoms with Gasteiger partial charge >= 0.3 is 0 Å². The number of nitrogen functional groups attached to an aromatic ring is 1. The van der Waals surface area contributed by atoms with E-state index in [1.807, 2.05) is 12.1 Å².